The molecule has 3 rings (SSSR count). The number of hydrogen-bond acceptors (Lipinski definition) is 5. The molecule has 1 aliphatic heterocycles. The number of halogens is 1. The van der Waals surface area contributed by atoms with Crippen LogP contribution in [0.1, 0.15) is 28.9 Å². The monoisotopic (exact) mass is 445 g/mol. The number of carbonyl (C=O) groups excluding carboxylic acids is 2. The van der Waals surface area contributed by atoms with Gasteiger partial charge in [0.1, 0.15) is 5.75 Å². The van der Waals surface area contributed by atoms with Crippen LogP contribution in [0.15, 0.2) is 48.5 Å². The molecule has 0 saturated carbocycles. The highest BCUT2D eigenvalue weighted by atomic mass is 35.5. The van der Waals surface area contributed by atoms with Gasteiger partial charge >= 0.3 is 0 Å². The maximum absolute atomic E-state index is 12.5. The molecular formula is C23H28ClN3O4. The summed E-state index contributed by atoms with van der Waals surface area (Å²) in [4.78, 5) is 27.2. The van der Waals surface area contributed by atoms with Crippen molar-refractivity contribution >= 4 is 23.4 Å². The normalized spacial score (nSPS) is 15.2. The molecule has 166 valence electrons. The first-order chi connectivity index (χ1) is 15.1. The van der Waals surface area contributed by atoms with E-state index in [0.29, 0.717) is 42.7 Å². The fraction of sp³-hybridized carbons (Fsp3) is 0.391. The van der Waals surface area contributed by atoms with Gasteiger partial charge in [0.05, 0.1) is 38.0 Å². The van der Waals surface area contributed by atoms with Gasteiger partial charge in [-0.3, -0.25) is 14.5 Å². The lowest BCUT2D eigenvalue weighted by molar-refractivity contribution is -0.120. The number of rotatable bonds is 9. The van der Waals surface area contributed by atoms with Crippen LogP contribution >= 0.6 is 11.6 Å². The maximum Gasteiger partial charge on any atom is 0.255 e. The topological polar surface area (TPSA) is 79.9 Å². The first-order valence-corrected chi connectivity index (χ1v) is 10.8. The van der Waals surface area contributed by atoms with E-state index in [4.69, 9.17) is 21.1 Å². The van der Waals surface area contributed by atoms with Crippen LogP contribution in [0, 0.1) is 0 Å². The Balaban J connectivity index is 1.58. The van der Waals surface area contributed by atoms with Crippen LogP contribution in [0.3, 0.4) is 0 Å². The standard InChI is InChI=1S/C23H28ClN3O4/c1-2-31-21-10-6-4-8-18(21)23(29)26-16-22(28)25-15-20(27-11-13-30-14-12-27)17-7-3-5-9-19(17)24/h3-10,20H,2,11-16H2,1H3,(H,25,28)(H,26,29). The first-order valence-electron chi connectivity index (χ1n) is 10.4. The Morgan fingerprint density at radius 1 is 1.10 bits per heavy atom. The lowest BCUT2D eigenvalue weighted by Gasteiger charge is -2.35. The number of ether oxygens (including phenoxy) is 2. The van der Waals surface area contributed by atoms with Gasteiger partial charge in [0, 0.05) is 24.7 Å². The largest absolute Gasteiger partial charge is 0.493 e. The molecule has 1 heterocycles. The fourth-order valence-corrected chi connectivity index (χ4v) is 3.80. The van der Waals surface area contributed by atoms with Crippen LogP contribution in [-0.4, -0.2) is 62.7 Å². The van der Waals surface area contributed by atoms with Crippen molar-refractivity contribution in [1.29, 1.82) is 0 Å². The van der Waals surface area contributed by atoms with E-state index in [2.05, 4.69) is 15.5 Å². The van der Waals surface area contributed by atoms with Crippen LogP contribution < -0.4 is 15.4 Å². The molecule has 1 fully saturated rings. The third-order valence-electron chi connectivity index (χ3n) is 5.08. The number of nitrogens with zero attached hydrogens (tertiary/aromatic N) is 1. The minimum Gasteiger partial charge on any atom is -0.493 e. The third kappa shape index (κ3) is 6.43. The SMILES string of the molecule is CCOc1ccccc1C(=O)NCC(=O)NCC(c1ccccc1Cl)N1CCOCC1. The Hall–Kier alpha value is -2.61. The van der Waals surface area contributed by atoms with Gasteiger partial charge in [-0.15, -0.1) is 0 Å². The molecule has 2 amide bonds. The molecule has 1 unspecified atom stereocenters. The Kier molecular flexibility index (Phi) is 8.70. The average Bonchev–Trinajstić information content (AvgIpc) is 2.80. The second-order valence-electron chi connectivity index (χ2n) is 7.10. The molecule has 2 aromatic carbocycles. The summed E-state index contributed by atoms with van der Waals surface area (Å²) < 4.78 is 10.9. The summed E-state index contributed by atoms with van der Waals surface area (Å²) in [6.45, 7) is 5.37. The van der Waals surface area contributed by atoms with Crippen molar-refractivity contribution in [3.63, 3.8) is 0 Å². The molecule has 0 aromatic heterocycles. The summed E-state index contributed by atoms with van der Waals surface area (Å²) in [5, 5.41) is 6.25. The minimum absolute atomic E-state index is 0.0732. The van der Waals surface area contributed by atoms with E-state index in [1.807, 2.05) is 31.2 Å². The van der Waals surface area contributed by atoms with Crippen molar-refractivity contribution in [2.24, 2.45) is 0 Å². The maximum atomic E-state index is 12.5. The van der Waals surface area contributed by atoms with Crippen molar-refractivity contribution in [3.05, 3.63) is 64.7 Å². The number of benzene rings is 2. The highest BCUT2D eigenvalue weighted by Crippen LogP contribution is 2.27. The molecule has 1 aliphatic rings. The molecule has 0 spiro atoms. The summed E-state index contributed by atoms with van der Waals surface area (Å²) in [5.41, 5.74) is 1.36. The number of hydrogen-bond donors (Lipinski definition) is 2. The molecule has 0 aliphatic carbocycles. The van der Waals surface area contributed by atoms with Gasteiger partial charge in [-0.2, -0.15) is 0 Å². The number of carbonyl (C=O) groups is 2. The molecule has 7 nitrogen and oxygen atoms in total. The van der Waals surface area contributed by atoms with Gasteiger partial charge in [-0.05, 0) is 30.7 Å². The molecule has 31 heavy (non-hydrogen) atoms. The molecule has 8 heteroatoms. The van der Waals surface area contributed by atoms with Gasteiger partial charge in [0.15, 0.2) is 0 Å². The summed E-state index contributed by atoms with van der Waals surface area (Å²) in [6.07, 6.45) is 0. The second kappa shape index (κ2) is 11.7. The molecule has 2 aromatic rings. The highest BCUT2D eigenvalue weighted by Gasteiger charge is 2.25. The van der Waals surface area contributed by atoms with E-state index in [0.717, 1.165) is 18.7 Å². The van der Waals surface area contributed by atoms with Crippen molar-refractivity contribution in [2.75, 3.05) is 46.0 Å². The second-order valence-corrected chi connectivity index (χ2v) is 7.51. The lowest BCUT2D eigenvalue weighted by atomic mass is 10.0. The molecule has 0 bridgehead atoms. The van der Waals surface area contributed by atoms with Gasteiger partial charge in [-0.1, -0.05) is 41.9 Å². The Labute approximate surface area is 187 Å². The van der Waals surface area contributed by atoms with E-state index in [-0.39, 0.29) is 24.4 Å². The van der Waals surface area contributed by atoms with E-state index in [9.17, 15) is 9.59 Å². The van der Waals surface area contributed by atoms with Gasteiger partial charge in [0.2, 0.25) is 5.91 Å². The smallest absolute Gasteiger partial charge is 0.255 e. The van der Waals surface area contributed by atoms with E-state index in [1.165, 1.54) is 0 Å². The highest BCUT2D eigenvalue weighted by molar-refractivity contribution is 6.31. The van der Waals surface area contributed by atoms with Crippen molar-refractivity contribution in [3.8, 4) is 5.75 Å². The van der Waals surface area contributed by atoms with E-state index >= 15 is 0 Å². The summed E-state index contributed by atoms with van der Waals surface area (Å²) >= 11 is 6.43. The number of nitrogens with one attached hydrogen (secondary N) is 2. The van der Waals surface area contributed by atoms with Gasteiger partial charge in [-0.25, -0.2) is 0 Å². The molecule has 0 radical (unpaired) electrons. The number of amides is 2. The van der Waals surface area contributed by atoms with Crippen molar-refractivity contribution in [1.82, 2.24) is 15.5 Å². The van der Waals surface area contributed by atoms with Crippen LogP contribution in [0.5, 0.6) is 5.75 Å². The fourth-order valence-electron chi connectivity index (χ4n) is 3.53. The Bertz CT molecular complexity index is 887. The minimum atomic E-state index is -0.352. The zero-order valence-electron chi connectivity index (χ0n) is 17.6. The third-order valence-corrected chi connectivity index (χ3v) is 5.43. The van der Waals surface area contributed by atoms with Crippen LogP contribution in [-0.2, 0) is 9.53 Å². The van der Waals surface area contributed by atoms with Gasteiger partial charge < -0.3 is 20.1 Å². The Morgan fingerprint density at radius 2 is 1.81 bits per heavy atom. The summed E-state index contributed by atoms with van der Waals surface area (Å²) in [5.74, 6) is -0.128. The molecule has 2 N–H and O–H groups in total. The molecule has 1 saturated heterocycles. The summed E-state index contributed by atoms with van der Waals surface area (Å²) in [6, 6.07) is 14.5. The average molecular weight is 446 g/mol. The zero-order chi connectivity index (χ0) is 22.1. The Morgan fingerprint density at radius 3 is 2.55 bits per heavy atom. The molecule has 1 atom stereocenters. The first kappa shape index (κ1) is 23.1. The lowest BCUT2D eigenvalue weighted by Crippen LogP contribution is -2.45. The van der Waals surface area contributed by atoms with Crippen LogP contribution in [0.25, 0.3) is 0 Å². The van der Waals surface area contributed by atoms with Crippen molar-refractivity contribution in [2.45, 2.75) is 13.0 Å². The summed E-state index contributed by atoms with van der Waals surface area (Å²) in [7, 11) is 0. The van der Waals surface area contributed by atoms with Crippen molar-refractivity contribution < 1.29 is 19.1 Å². The zero-order valence-corrected chi connectivity index (χ0v) is 18.4. The van der Waals surface area contributed by atoms with E-state index < -0.39 is 0 Å². The predicted octanol–water partition coefficient (Wildman–Crippen LogP) is 2.66. The van der Waals surface area contributed by atoms with Crippen LogP contribution in [0.4, 0.5) is 0 Å². The van der Waals surface area contributed by atoms with E-state index in [1.54, 1.807) is 24.3 Å². The van der Waals surface area contributed by atoms with Gasteiger partial charge in [0.25, 0.3) is 5.91 Å². The predicted molar refractivity (Wildman–Crippen MR) is 120 cm³/mol. The number of morpholine rings is 1. The van der Waals surface area contributed by atoms with Crippen LogP contribution in [0.2, 0.25) is 5.02 Å². The molecular weight excluding hydrogens is 418 g/mol. The quantitative estimate of drug-likeness (QED) is 0.620. The number of para-hydroxylation sites is 1.